The summed E-state index contributed by atoms with van der Waals surface area (Å²) in [6.07, 6.45) is -0.775. The average Bonchev–Trinajstić information content (AvgIpc) is 2.13. The molecule has 16 heavy (non-hydrogen) atoms. The van der Waals surface area contributed by atoms with E-state index in [1.807, 2.05) is 6.92 Å². The molecule has 0 aromatic rings. The van der Waals surface area contributed by atoms with Gasteiger partial charge in [0.25, 0.3) is 0 Å². The molecule has 3 unspecified atom stereocenters. The number of ether oxygens (including phenoxy) is 2. The zero-order valence-corrected chi connectivity index (χ0v) is 11.1. The molecule has 0 radical (unpaired) electrons. The first-order valence-corrected chi connectivity index (χ1v) is 6.83. The molecule has 98 valence electrons. The second-order valence-corrected chi connectivity index (χ2v) is 4.50. The minimum atomic E-state index is -4.12. The quantitative estimate of drug-likeness (QED) is 0.504. The number of phosphoric ester groups is 1. The number of rotatable bonds is 9. The van der Waals surface area contributed by atoms with Crippen LogP contribution in [0.3, 0.4) is 0 Å². The van der Waals surface area contributed by atoms with E-state index in [9.17, 15) is 9.46 Å². The fraction of sp³-hybridized carbons (Fsp3) is 1.00. The summed E-state index contributed by atoms with van der Waals surface area (Å²) in [5.74, 6) is 0. The van der Waals surface area contributed by atoms with Gasteiger partial charge in [0.1, 0.15) is 0 Å². The molecule has 0 aliphatic carbocycles. The van der Waals surface area contributed by atoms with Gasteiger partial charge >= 0.3 is 7.82 Å². The molecular formula is C9H21O6P. The lowest BCUT2D eigenvalue weighted by Crippen LogP contribution is -2.17. The van der Waals surface area contributed by atoms with Crippen molar-refractivity contribution < 1.29 is 28.0 Å². The predicted octanol–water partition coefficient (Wildman–Crippen LogP) is 2.28. The Morgan fingerprint density at radius 2 is 1.62 bits per heavy atom. The summed E-state index contributed by atoms with van der Waals surface area (Å²) >= 11 is 0. The second kappa shape index (κ2) is 8.17. The number of hydrogen-bond acceptors (Lipinski definition) is 5. The molecule has 1 N–H and O–H groups in total. The Balaban J connectivity index is 3.98. The van der Waals surface area contributed by atoms with Crippen LogP contribution >= 0.6 is 7.82 Å². The van der Waals surface area contributed by atoms with Crippen LogP contribution in [0.1, 0.15) is 34.1 Å². The summed E-state index contributed by atoms with van der Waals surface area (Å²) in [7, 11) is -4.12. The highest BCUT2D eigenvalue weighted by Gasteiger charge is 2.27. The third kappa shape index (κ3) is 8.21. The lowest BCUT2D eigenvalue weighted by atomic mass is 10.5. The second-order valence-electron chi connectivity index (χ2n) is 3.14. The first-order chi connectivity index (χ1) is 7.41. The Kier molecular flexibility index (Phi) is 8.18. The number of phosphoric acid groups is 1. The fourth-order valence-electron chi connectivity index (χ4n) is 0.979. The Bertz CT molecular complexity index is 222. The van der Waals surface area contributed by atoms with E-state index in [-0.39, 0.29) is 0 Å². The minimum absolute atomic E-state index is 0.392. The van der Waals surface area contributed by atoms with Crippen LogP contribution in [0.5, 0.6) is 0 Å². The van der Waals surface area contributed by atoms with Gasteiger partial charge in [-0.2, -0.15) is 0 Å². The first-order valence-electron chi connectivity index (χ1n) is 5.34. The molecule has 0 aliphatic rings. The molecule has 0 aliphatic heterocycles. The minimum Gasteiger partial charge on any atom is -0.353 e. The van der Waals surface area contributed by atoms with E-state index in [4.69, 9.17) is 18.5 Å². The third-order valence-corrected chi connectivity index (χ3v) is 2.65. The van der Waals surface area contributed by atoms with Gasteiger partial charge in [-0.15, -0.1) is 0 Å². The Morgan fingerprint density at radius 1 is 1.12 bits per heavy atom. The van der Waals surface area contributed by atoms with Gasteiger partial charge in [0, 0.05) is 13.2 Å². The van der Waals surface area contributed by atoms with E-state index >= 15 is 0 Å². The maximum atomic E-state index is 11.4. The topological polar surface area (TPSA) is 74.2 Å². The van der Waals surface area contributed by atoms with E-state index in [1.54, 1.807) is 6.92 Å². The molecule has 6 nitrogen and oxygen atoms in total. The van der Waals surface area contributed by atoms with Crippen LogP contribution in [0.15, 0.2) is 0 Å². The van der Waals surface area contributed by atoms with Crippen LogP contribution in [0.25, 0.3) is 0 Å². The van der Waals surface area contributed by atoms with Crippen molar-refractivity contribution in [3.8, 4) is 0 Å². The Hall–Kier alpha value is 0.0300. The van der Waals surface area contributed by atoms with Crippen LogP contribution in [0.4, 0.5) is 0 Å². The summed E-state index contributed by atoms with van der Waals surface area (Å²) in [6, 6.07) is 0. The maximum absolute atomic E-state index is 11.4. The van der Waals surface area contributed by atoms with E-state index in [0.29, 0.717) is 13.2 Å². The summed E-state index contributed by atoms with van der Waals surface area (Å²) in [4.78, 5) is 9.33. The summed E-state index contributed by atoms with van der Waals surface area (Å²) in [6.45, 7) is 7.60. The highest BCUT2D eigenvalue weighted by Crippen LogP contribution is 2.46. The van der Waals surface area contributed by atoms with Crippen LogP contribution < -0.4 is 0 Å². The lowest BCUT2D eigenvalue weighted by Gasteiger charge is -2.20. The van der Waals surface area contributed by atoms with Gasteiger partial charge in [0.2, 0.25) is 0 Å². The van der Waals surface area contributed by atoms with Gasteiger partial charge < -0.3 is 14.4 Å². The first kappa shape index (κ1) is 16.0. The molecule has 0 fully saturated rings. The monoisotopic (exact) mass is 256 g/mol. The molecular weight excluding hydrogens is 235 g/mol. The van der Waals surface area contributed by atoms with Gasteiger partial charge in [-0.1, -0.05) is 6.92 Å². The third-order valence-electron chi connectivity index (χ3n) is 1.52. The SMILES string of the molecule is CCCOC(C)OP(=O)(O)OC(C)OCC. The molecule has 0 spiro atoms. The van der Waals surface area contributed by atoms with Crippen molar-refractivity contribution in [2.75, 3.05) is 13.2 Å². The van der Waals surface area contributed by atoms with Crippen molar-refractivity contribution in [1.29, 1.82) is 0 Å². The van der Waals surface area contributed by atoms with E-state index in [1.165, 1.54) is 13.8 Å². The molecule has 0 saturated carbocycles. The van der Waals surface area contributed by atoms with Gasteiger partial charge in [-0.05, 0) is 27.2 Å². The summed E-state index contributed by atoms with van der Waals surface area (Å²) < 4.78 is 30.9. The van der Waals surface area contributed by atoms with Gasteiger partial charge in [0.05, 0.1) is 0 Å². The maximum Gasteiger partial charge on any atom is 0.476 e. The van der Waals surface area contributed by atoms with Gasteiger partial charge in [0.15, 0.2) is 12.6 Å². The molecule has 3 atom stereocenters. The normalized spacial score (nSPS) is 19.1. The van der Waals surface area contributed by atoms with E-state index in [0.717, 1.165) is 6.42 Å². The van der Waals surface area contributed by atoms with Crippen LogP contribution in [-0.4, -0.2) is 30.7 Å². The lowest BCUT2D eigenvalue weighted by molar-refractivity contribution is -0.115. The predicted molar refractivity (Wildman–Crippen MR) is 58.8 cm³/mol. The van der Waals surface area contributed by atoms with Crippen LogP contribution in [-0.2, 0) is 23.1 Å². The standard InChI is InChI=1S/C9H21O6P/c1-5-7-13-9(4)15-16(10,11)14-8(3)12-6-2/h8-9H,5-7H2,1-4H3,(H,10,11). The van der Waals surface area contributed by atoms with Crippen molar-refractivity contribution in [3.63, 3.8) is 0 Å². The molecule has 0 aromatic carbocycles. The average molecular weight is 256 g/mol. The molecule has 0 rings (SSSR count). The largest absolute Gasteiger partial charge is 0.476 e. The molecule has 0 amide bonds. The molecule has 7 heteroatoms. The van der Waals surface area contributed by atoms with E-state index in [2.05, 4.69) is 0 Å². The summed E-state index contributed by atoms with van der Waals surface area (Å²) in [5.41, 5.74) is 0. The van der Waals surface area contributed by atoms with Gasteiger partial charge in [-0.3, -0.25) is 9.05 Å². The smallest absolute Gasteiger partial charge is 0.353 e. The van der Waals surface area contributed by atoms with Crippen LogP contribution in [0, 0.1) is 0 Å². The number of hydrogen-bond donors (Lipinski definition) is 1. The fourth-order valence-corrected chi connectivity index (χ4v) is 1.90. The van der Waals surface area contributed by atoms with Crippen molar-refractivity contribution in [2.24, 2.45) is 0 Å². The van der Waals surface area contributed by atoms with Crippen molar-refractivity contribution in [3.05, 3.63) is 0 Å². The van der Waals surface area contributed by atoms with Crippen molar-refractivity contribution >= 4 is 7.82 Å². The zero-order valence-electron chi connectivity index (χ0n) is 10.2. The van der Waals surface area contributed by atoms with Crippen molar-refractivity contribution in [1.82, 2.24) is 0 Å². The molecule has 0 saturated heterocycles. The summed E-state index contributed by atoms with van der Waals surface area (Å²) in [5, 5.41) is 0. The van der Waals surface area contributed by atoms with Crippen molar-refractivity contribution in [2.45, 2.75) is 46.7 Å². The van der Waals surface area contributed by atoms with Crippen LogP contribution in [0.2, 0.25) is 0 Å². The highest BCUT2D eigenvalue weighted by atomic mass is 31.2. The Labute approximate surface area is 96.5 Å². The molecule has 0 heterocycles. The molecule has 0 aromatic heterocycles. The van der Waals surface area contributed by atoms with E-state index < -0.39 is 20.4 Å². The van der Waals surface area contributed by atoms with Gasteiger partial charge in [-0.25, -0.2) is 4.57 Å². The Morgan fingerprint density at radius 3 is 2.06 bits per heavy atom. The highest BCUT2D eigenvalue weighted by molar-refractivity contribution is 7.47. The zero-order chi connectivity index (χ0) is 12.6. The molecule has 0 bridgehead atoms.